The van der Waals surface area contributed by atoms with Crippen molar-refractivity contribution < 1.29 is 14.3 Å². The van der Waals surface area contributed by atoms with E-state index in [-0.39, 0.29) is 18.8 Å². The first-order valence-electron chi connectivity index (χ1n) is 5.58. The fraction of sp³-hybridized carbons (Fsp3) is 0.231. The first kappa shape index (κ1) is 12.3. The number of halogens is 1. The number of aryl methyl sites for hydroxylation is 2. The van der Waals surface area contributed by atoms with Crippen molar-refractivity contribution in [2.75, 3.05) is 0 Å². The van der Waals surface area contributed by atoms with Gasteiger partial charge in [-0.25, -0.2) is 4.39 Å². The Hall–Kier alpha value is -2.17. The highest BCUT2D eigenvalue weighted by Gasteiger charge is 2.11. The number of aliphatic carboxylic acids is 1. The molecule has 0 saturated heterocycles. The van der Waals surface area contributed by atoms with E-state index in [0.717, 1.165) is 0 Å². The Labute approximate surface area is 104 Å². The lowest BCUT2D eigenvalue weighted by atomic mass is 10.1. The van der Waals surface area contributed by atoms with Crippen molar-refractivity contribution in [2.45, 2.75) is 19.9 Å². The molecule has 0 unspecified atom stereocenters. The van der Waals surface area contributed by atoms with Crippen LogP contribution in [-0.4, -0.2) is 20.9 Å². The van der Waals surface area contributed by atoms with E-state index in [9.17, 15) is 9.18 Å². The molecule has 18 heavy (non-hydrogen) atoms. The maximum Gasteiger partial charge on any atom is 0.305 e. The quantitative estimate of drug-likeness (QED) is 0.904. The molecule has 1 N–H and O–H groups in total. The molecule has 0 saturated carbocycles. The molecule has 0 atom stereocenters. The van der Waals surface area contributed by atoms with Gasteiger partial charge in [0.1, 0.15) is 5.82 Å². The monoisotopic (exact) mass is 248 g/mol. The molecule has 2 rings (SSSR count). The van der Waals surface area contributed by atoms with Gasteiger partial charge in [0, 0.05) is 17.3 Å². The number of carboxylic acids is 1. The standard InChI is InChI=1S/C13H13FN2O2/c1-9-11(10-4-2-3-5-12(10)14)8-16(15-9)7-6-13(17)18/h2-5,8H,6-7H2,1H3,(H,17,18). The summed E-state index contributed by atoms with van der Waals surface area (Å²) < 4.78 is 15.2. The van der Waals surface area contributed by atoms with Crippen molar-refractivity contribution in [3.63, 3.8) is 0 Å². The van der Waals surface area contributed by atoms with Crippen LogP contribution >= 0.6 is 0 Å². The van der Waals surface area contributed by atoms with E-state index >= 15 is 0 Å². The summed E-state index contributed by atoms with van der Waals surface area (Å²) in [5.74, 6) is -1.19. The van der Waals surface area contributed by atoms with Gasteiger partial charge in [-0.1, -0.05) is 18.2 Å². The first-order valence-corrected chi connectivity index (χ1v) is 5.58. The van der Waals surface area contributed by atoms with Gasteiger partial charge in [-0.15, -0.1) is 0 Å². The van der Waals surface area contributed by atoms with E-state index in [2.05, 4.69) is 5.10 Å². The van der Waals surface area contributed by atoms with Crippen LogP contribution in [0.5, 0.6) is 0 Å². The normalized spacial score (nSPS) is 10.6. The Bertz CT molecular complexity index is 578. The van der Waals surface area contributed by atoms with Gasteiger partial charge in [0.05, 0.1) is 18.7 Å². The van der Waals surface area contributed by atoms with Gasteiger partial charge in [0.25, 0.3) is 0 Å². The molecule has 0 aliphatic carbocycles. The van der Waals surface area contributed by atoms with Crippen LogP contribution in [0.15, 0.2) is 30.5 Å². The molecule has 0 aliphatic rings. The predicted molar refractivity (Wildman–Crippen MR) is 64.6 cm³/mol. The summed E-state index contributed by atoms with van der Waals surface area (Å²) in [4.78, 5) is 10.5. The molecule has 5 heteroatoms. The second kappa shape index (κ2) is 5.00. The third-order valence-corrected chi connectivity index (χ3v) is 2.67. The molecular formula is C13H13FN2O2. The fourth-order valence-electron chi connectivity index (χ4n) is 1.79. The third-order valence-electron chi connectivity index (χ3n) is 2.67. The van der Waals surface area contributed by atoms with Crippen molar-refractivity contribution in [3.8, 4) is 11.1 Å². The van der Waals surface area contributed by atoms with Crippen LogP contribution in [0.25, 0.3) is 11.1 Å². The minimum atomic E-state index is -0.879. The smallest absolute Gasteiger partial charge is 0.305 e. The zero-order chi connectivity index (χ0) is 13.1. The van der Waals surface area contributed by atoms with Gasteiger partial charge in [0.2, 0.25) is 0 Å². The largest absolute Gasteiger partial charge is 0.481 e. The van der Waals surface area contributed by atoms with E-state index in [4.69, 9.17) is 5.11 Å². The van der Waals surface area contributed by atoms with Crippen molar-refractivity contribution in [1.29, 1.82) is 0 Å². The minimum absolute atomic E-state index is 0.00215. The minimum Gasteiger partial charge on any atom is -0.481 e. The number of nitrogens with zero attached hydrogens (tertiary/aromatic N) is 2. The second-order valence-electron chi connectivity index (χ2n) is 4.01. The Kier molecular flexibility index (Phi) is 3.41. The van der Waals surface area contributed by atoms with E-state index < -0.39 is 5.97 Å². The van der Waals surface area contributed by atoms with Crippen molar-refractivity contribution in [2.24, 2.45) is 0 Å². The van der Waals surface area contributed by atoms with E-state index in [1.165, 1.54) is 10.7 Å². The van der Waals surface area contributed by atoms with Crippen LogP contribution in [0.3, 0.4) is 0 Å². The molecule has 0 spiro atoms. The van der Waals surface area contributed by atoms with Crippen molar-refractivity contribution >= 4 is 5.97 Å². The number of carboxylic acid groups (broad SMARTS) is 1. The number of benzene rings is 1. The molecule has 0 aliphatic heterocycles. The number of hydrogen-bond acceptors (Lipinski definition) is 2. The summed E-state index contributed by atoms with van der Waals surface area (Å²) >= 11 is 0. The van der Waals surface area contributed by atoms with Gasteiger partial charge in [-0.2, -0.15) is 5.10 Å². The van der Waals surface area contributed by atoms with E-state index in [1.54, 1.807) is 31.3 Å². The highest BCUT2D eigenvalue weighted by Crippen LogP contribution is 2.25. The molecule has 1 aromatic carbocycles. The van der Waals surface area contributed by atoms with Crippen molar-refractivity contribution in [3.05, 3.63) is 42.0 Å². The Morgan fingerprint density at radius 2 is 2.11 bits per heavy atom. The summed E-state index contributed by atoms with van der Waals surface area (Å²) in [6, 6.07) is 6.46. The van der Waals surface area contributed by atoms with Crippen LogP contribution in [0.2, 0.25) is 0 Å². The zero-order valence-corrected chi connectivity index (χ0v) is 9.93. The summed E-state index contributed by atoms with van der Waals surface area (Å²) in [5, 5.41) is 12.8. The Morgan fingerprint density at radius 1 is 1.39 bits per heavy atom. The molecule has 0 amide bonds. The molecule has 4 nitrogen and oxygen atoms in total. The van der Waals surface area contributed by atoms with E-state index in [1.807, 2.05) is 0 Å². The summed E-state index contributed by atoms with van der Waals surface area (Å²) in [7, 11) is 0. The lowest BCUT2D eigenvalue weighted by Crippen LogP contribution is -2.04. The lowest BCUT2D eigenvalue weighted by molar-refractivity contribution is -0.137. The van der Waals surface area contributed by atoms with Crippen LogP contribution in [0.4, 0.5) is 4.39 Å². The number of carbonyl (C=O) groups is 1. The topological polar surface area (TPSA) is 55.1 Å². The lowest BCUT2D eigenvalue weighted by Gasteiger charge is -2.00. The molecule has 1 heterocycles. The molecule has 0 bridgehead atoms. The first-order chi connectivity index (χ1) is 8.58. The van der Waals surface area contributed by atoms with Crippen LogP contribution < -0.4 is 0 Å². The summed E-state index contributed by atoms with van der Waals surface area (Å²) in [6.07, 6.45) is 1.68. The molecule has 2 aromatic rings. The van der Waals surface area contributed by atoms with Gasteiger partial charge in [-0.05, 0) is 13.0 Å². The summed E-state index contributed by atoms with van der Waals surface area (Å²) in [5.41, 5.74) is 1.86. The fourth-order valence-corrected chi connectivity index (χ4v) is 1.79. The molecule has 0 fully saturated rings. The van der Waals surface area contributed by atoms with Gasteiger partial charge in [-0.3, -0.25) is 9.48 Å². The molecule has 0 radical (unpaired) electrons. The van der Waals surface area contributed by atoms with Crippen molar-refractivity contribution in [1.82, 2.24) is 9.78 Å². The maximum atomic E-state index is 13.6. The number of aromatic nitrogens is 2. The van der Waals surface area contributed by atoms with E-state index in [0.29, 0.717) is 16.8 Å². The van der Waals surface area contributed by atoms with Crippen LogP contribution in [0.1, 0.15) is 12.1 Å². The molecule has 1 aromatic heterocycles. The highest BCUT2D eigenvalue weighted by molar-refractivity contribution is 5.67. The maximum absolute atomic E-state index is 13.6. The van der Waals surface area contributed by atoms with Crippen LogP contribution in [-0.2, 0) is 11.3 Å². The van der Waals surface area contributed by atoms with Gasteiger partial charge >= 0.3 is 5.97 Å². The molecular weight excluding hydrogens is 235 g/mol. The zero-order valence-electron chi connectivity index (χ0n) is 9.93. The van der Waals surface area contributed by atoms with Crippen LogP contribution in [0, 0.1) is 12.7 Å². The average Bonchev–Trinajstić information content (AvgIpc) is 2.69. The number of hydrogen-bond donors (Lipinski definition) is 1. The van der Waals surface area contributed by atoms with Gasteiger partial charge < -0.3 is 5.11 Å². The Morgan fingerprint density at radius 3 is 2.78 bits per heavy atom. The second-order valence-corrected chi connectivity index (χ2v) is 4.01. The molecule has 94 valence electrons. The average molecular weight is 248 g/mol. The summed E-state index contributed by atoms with van der Waals surface area (Å²) in [6.45, 7) is 2.06. The Balaban J connectivity index is 2.30. The highest BCUT2D eigenvalue weighted by atomic mass is 19.1. The number of rotatable bonds is 4. The SMILES string of the molecule is Cc1nn(CCC(=O)O)cc1-c1ccccc1F. The van der Waals surface area contributed by atoms with Gasteiger partial charge in [0.15, 0.2) is 0 Å². The third kappa shape index (κ3) is 2.56. The predicted octanol–water partition coefficient (Wildman–Crippen LogP) is 2.47.